The highest BCUT2D eigenvalue weighted by molar-refractivity contribution is 7.12. The van der Waals surface area contributed by atoms with Crippen LogP contribution in [0.1, 0.15) is 33.8 Å². The standard InChI is InChI=1S/C14H17FN2S/c1-3-11-5-7-13(18-11)14(17-16)10-4-6-12(15)9(2)8-10/h4-8,14,17H,3,16H2,1-2H3. The van der Waals surface area contributed by atoms with Gasteiger partial charge in [-0.3, -0.25) is 5.84 Å². The van der Waals surface area contributed by atoms with Gasteiger partial charge in [0.1, 0.15) is 5.82 Å². The van der Waals surface area contributed by atoms with Crippen LogP contribution in [0, 0.1) is 12.7 Å². The summed E-state index contributed by atoms with van der Waals surface area (Å²) in [5.74, 6) is 5.45. The SMILES string of the molecule is CCc1ccc(C(NN)c2ccc(F)c(C)c2)s1. The first-order chi connectivity index (χ1) is 8.65. The van der Waals surface area contributed by atoms with Crippen molar-refractivity contribution in [1.29, 1.82) is 0 Å². The highest BCUT2D eigenvalue weighted by Crippen LogP contribution is 2.29. The van der Waals surface area contributed by atoms with Crippen LogP contribution >= 0.6 is 11.3 Å². The maximum Gasteiger partial charge on any atom is 0.126 e. The fraction of sp³-hybridized carbons (Fsp3) is 0.286. The minimum Gasteiger partial charge on any atom is -0.271 e. The number of hydrogen-bond donors (Lipinski definition) is 2. The number of nitrogens with one attached hydrogen (secondary N) is 1. The van der Waals surface area contributed by atoms with Crippen molar-refractivity contribution < 1.29 is 4.39 Å². The van der Waals surface area contributed by atoms with Gasteiger partial charge in [0.25, 0.3) is 0 Å². The van der Waals surface area contributed by atoms with Crippen molar-refractivity contribution in [2.45, 2.75) is 26.3 Å². The molecule has 0 saturated heterocycles. The van der Waals surface area contributed by atoms with Crippen LogP contribution in [0.4, 0.5) is 4.39 Å². The Kier molecular flexibility index (Phi) is 4.11. The second-order valence-corrected chi connectivity index (χ2v) is 5.47. The smallest absolute Gasteiger partial charge is 0.126 e. The number of hydrazine groups is 1. The van der Waals surface area contributed by atoms with Crippen LogP contribution in [0.25, 0.3) is 0 Å². The van der Waals surface area contributed by atoms with Gasteiger partial charge in [-0.1, -0.05) is 19.1 Å². The van der Waals surface area contributed by atoms with Gasteiger partial charge >= 0.3 is 0 Å². The maximum absolute atomic E-state index is 13.3. The molecule has 0 spiro atoms. The van der Waals surface area contributed by atoms with E-state index >= 15 is 0 Å². The van der Waals surface area contributed by atoms with Crippen molar-refractivity contribution in [1.82, 2.24) is 5.43 Å². The summed E-state index contributed by atoms with van der Waals surface area (Å²) in [4.78, 5) is 2.48. The van der Waals surface area contributed by atoms with Gasteiger partial charge in [-0.2, -0.15) is 0 Å². The molecule has 3 N–H and O–H groups in total. The third-order valence-corrected chi connectivity index (χ3v) is 4.29. The van der Waals surface area contributed by atoms with Gasteiger partial charge in [-0.05, 0) is 42.7 Å². The van der Waals surface area contributed by atoms with Gasteiger partial charge in [0.05, 0.1) is 6.04 Å². The summed E-state index contributed by atoms with van der Waals surface area (Å²) in [5.41, 5.74) is 4.43. The van der Waals surface area contributed by atoms with E-state index in [1.165, 1.54) is 10.9 Å². The molecule has 18 heavy (non-hydrogen) atoms. The summed E-state index contributed by atoms with van der Waals surface area (Å²) in [5, 5.41) is 0. The largest absolute Gasteiger partial charge is 0.271 e. The Bertz CT molecular complexity index is 536. The molecule has 2 nitrogen and oxygen atoms in total. The molecule has 0 fully saturated rings. The predicted octanol–water partition coefficient (Wildman–Crippen LogP) is 3.31. The molecule has 0 amide bonds. The topological polar surface area (TPSA) is 38.0 Å². The highest BCUT2D eigenvalue weighted by atomic mass is 32.1. The fourth-order valence-electron chi connectivity index (χ4n) is 1.93. The van der Waals surface area contributed by atoms with Crippen LogP contribution in [-0.4, -0.2) is 0 Å². The van der Waals surface area contributed by atoms with E-state index in [0.717, 1.165) is 16.9 Å². The Morgan fingerprint density at radius 3 is 2.67 bits per heavy atom. The van der Waals surface area contributed by atoms with Crippen molar-refractivity contribution in [3.8, 4) is 0 Å². The van der Waals surface area contributed by atoms with Crippen molar-refractivity contribution >= 4 is 11.3 Å². The number of halogens is 1. The van der Waals surface area contributed by atoms with Crippen LogP contribution < -0.4 is 11.3 Å². The monoisotopic (exact) mass is 264 g/mol. The second-order valence-electron chi connectivity index (χ2n) is 4.27. The first kappa shape index (κ1) is 13.2. The zero-order valence-electron chi connectivity index (χ0n) is 10.5. The lowest BCUT2D eigenvalue weighted by Gasteiger charge is -2.15. The Hall–Kier alpha value is -1.23. The summed E-state index contributed by atoms with van der Waals surface area (Å²) in [6.07, 6.45) is 1.02. The molecule has 1 atom stereocenters. The lowest BCUT2D eigenvalue weighted by atomic mass is 10.0. The number of aryl methyl sites for hydroxylation is 2. The van der Waals surface area contributed by atoms with E-state index in [0.29, 0.717) is 5.56 Å². The van der Waals surface area contributed by atoms with Crippen LogP contribution in [0.3, 0.4) is 0 Å². The quantitative estimate of drug-likeness (QED) is 0.657. The average Bonchev–Trinajstić information content (AvgIpc) is 2.83. The van der Waals surface area contributed by atoms with Crippen LogP contribution in [0.5, 0.6) is 0 Å². The molecule has 0 bridgehead atoms. The van der Waals surface area contributed by atoms with E-state index in [-0.39, 0.29) is 11.9 Å². The second kappa shape index (κ2) is 5.61. The molecule has 2 rings (SSSR count). The van der Waals surface area contributed by atoms with Crippen molar-refractivity contribution in [3.05, 3.63) is 57.0 Å². The van der Waals surface area contributed by atoms with E-state index in [1.54, 1.807) is 24.3 Å². The van der Waals surface area contributed by atoms with E-state index in [9.17, 15) is 4.39 Å². The third-order valence-electron chi connectivity index (χ3n) is 3.00. The zero-order valence-corrected chi connectivity index (χ0v) is 11.4. The molecule has 0 saturated carbocycles. The lowest BCUT2D eigenvalue weighted by Crippen LogP contribution is -2.28. The van der Waals surface area contributed by atoms with Crippen LogP contribution in [0.15, 0.2) is 30.3 Å². The molecule has 0 aliphatic heterocycles. The summed E-state index contributed by atoms with van der Waals surface area (Å²) in [6.45, 7) is 3.89. The van der Waals surface area contributed by atoms with Gasteiger partial charge in [0, 0.05) is 9.75 Å². The molecule has 0 aliphatic rings. The summed E-state index contributed by atoms with van der Waals surface area (Å²) >= 11 is 1.73. The van der Waals surface area contributed by atoms with Gasteiger partial charge in [0.15, 0.2) is 0 Å². The normalized spacial score (nSPS) is 12.7. The molecular weight excluding hydrogens is 247 g/mol. The predicted molar refractivity (Wildman–Crippen MR) is 74.0 cm³/mol. The molecule has 1 aromatic carbocycles. The number of nitrogens with two attached hydrogens (primary N) is 1. The van der Waals surface area contributed by atoms with E-state index in [2.05, 4.69) is 24.5 Å². The molecule has 0 aliphatic carbocycles. The van der Waals surface area contributed by atoms with Crippen molar-refractivity contribution in [2.24, 2.45) is 5.84 Å². The van der Waals surface area contributed by atoms with E-state index < -0.39 is 0 Å². The first-order valence-corrected chi connectivity index (χ1v) is 6.78. The molecule has 2 aromatic rings. The van der Waals surface area contributed by atoms with Crippen molar-refractivity contribution in [2.75, 3.05) is 0 Å². The number of hydrogen-bond acceptors (Lipinski definition) is 3. The molecule has 1 aromatic heterocycles. The summed E-state index contributed by atoms with van der Waals surface area (Å²) in [7, 11) is 0. The molecule has 0 radical (unpaired) electrons. The molecule has 1 unspecified atom stereocenters. The minimum absolute atomic E-state index is 0.0744. The van der Waals surface area contributed by atoms with Crippen LogP contribution in [0.2, 0.25) is 0 Å². The Labute approximate surface area is 111 Å². The molecular formula is C14H17FN2S. The summed E-state index contributed by atoms with van der Waals surface area (Å²) < 4.78 is 13.3. The summed E-state index contributed by atoms with van der Waals surface area (Å²) in [6, 6.07) is 9.22. The average molecular weight is 264 g/mol. The van der Waals surface area contributed by atoms with Gasteiger partial charge < -0.3 is 0 Å². The maximum atomic E-state index is 13.3. The number of benzene rings is 1. The Morgan fingerprint density at radius 1 is 1.33 bits per heavy atom. The Balaban J connectivity index is 2.35. The van der Waals surface area contributed by atoms with Gasteiger partial charge in [-0.15, -0.1) is 11.3 Å². The number of thiophene rings is 1. The van der Waals surface area contributed by atoms with Gasteiger partial charge in [0.2, 0.25) is 0 Å². The minimum atomic E-state index is -0.185. The highest BCUT2D eigenvalue weighted by Gasteiger charge is 2.15. The third kappa shape index (κ3) is 2.61. The number of rotatable bonds is 4. The Morgan fingerprint density at radius 2 is 2.11 bits per heavy atom. The van der Waals surface area contributed by atoms with E-state index in [1.807, 2.05) is 6.07 Å². The molecule has 4 heteroatoms. The zero-order chi connectivity index (χ0) is 13.1. The van der Waals surface area contributed by atoms with E-state index in [4.69, 9.17) is 5.84 Å². The van der Waals surface area contributed by atoms with Gasteiger partial charge in [-0.25, -0.2) is 9.82 Å². The molecule has 1 heterocycles. The first-order valence-electron chi connectivity index (χ1n) is 5.96. The van der Waals surface area contributed by atoms with Crippen molar-refractivity contribution in [3.63, 3.8) is 0 Å². The lowest BCUT2D eigenvalue weighted by molar-refractivity contribution is 0.610. The fourth-order valence-corrected chi connectivity index (χ4v) is 2.97. The van der Waals surface area contributed by atoms with Crippen LogP contribution in [-0.2, 0) is 6.42 Å². The molecule has 96 valence electrons.